The van der Waals surface area contributed by atoms with Crippen molar-refractivity contribution in [3.05, 3.63) is 28.5 Å². The fourth-order valence-corrected chi connectivity index (χ4v) is 2.08. The largest absolute Gasteiger partial charge is 0.384 e. The zero-order chi connectivity index (χ0) is 11.8. The van der Waals surface area contributed by atoms with E-state index in [1.807, 2.05) is 0 Å². The van der Waals surface area contributed by atoms with Crippen molar-refractivity contribution in [3.63, 3.8) is 0 Å². The standard InChI is InChI=1S/C13H19BrFN/c1-2-3-4-5-6-9-16-13-8-7-11(15)10-12(13)14/h7-8,10,16H,2-6,9H2,1H3. The van der Waals surface area contributed by atoms with Gasteiger partial charge in [0.25, 0.3) is 0 Å². The molecule has 1 aromatic rings. The lowest BCUT2D eigenvalue weighted by atomic mass is 10.1. The SMILES string of the molecule is CCCCCCCNc1ccc(F)cc1Br. The molecule has 0 saturated carbocycles. The minimum atomic E-state index is -0.208. The Morgan fingerprint density at radius 2 is 1.94 bits per heavy atom. The van der Waals surface area contributed by atoms with Crippen LogP contribution >= 0.6 is 15.9 Å². The van der Waals surface area contributed by atoms with Crippen LogP contribution in [0.15, 0.2) is 22.7 Å². The molecular formula is C13H19BrFN. The van der Waals surface area contributed by atoms with Crippen LogP contribution in [0.5, 0.6) is 0 Å². The molecule has 0 atom stereocenters. The van der Waals surface area contributed by atoms with Crippen molar-refractivity contribution >= 4 is 21.6 Å². The van der Waals surface area contributed by atoms with Gasteiger partial charge in [-0.05, 0) is 40.5 Å². The maximum absolute atomic E-state index is 12.8. The van der Waals surface area contributed by atoms with Crippen LogP contribution < -0.4 is 5.32 Å². The molecule has 0 heterocycles. The Hall–Kier alpha value is -0.570. The smallest absolute Gasteiger partial charge is 0.124 e. The van der Waals surface area contributed by atoms with Crippen molar-refractivity contribution in [2.24, 2.45) is 0 Å². The summed E-state index contributed by atoms with van der Waals surface area (Å²) in [5, 5.41) is 3.30. The molecule has 0 aromatic heterocycles. The van der Waals surface area contributed by atoms with Crippen LogP contribution in [-0.2, 0) is 0 Å². The third-order valence-electron chi connectivity index (χ3n) is 2.53. The minimum absolute atomic E-state index is 0.208. The second kappa shape index (κ2) is 7.66. The first-order valence-electron chi connectivity index (χ1n) is 5.93. The Labute approximate surface area is 106 Å². The van der Waals surface area contributed by atoms with Crippen molar-refractivity contribution in [2.45, 2.75) is 39.0 Å². The van der Waals surface area contributed by atoms with Crippen molar-refractivity contribution in [1.29, 1.82) is 0 Å². The summed E-state index contributed by atoms with van der Waals surface area (Å²) in [6.45, 7) is 3.17. The van der Waals surface area contributed by atoms with Crippen molar-refractivity contribution in [1.82, 2.24) is 0 Å². The molecule has 3 heteroatoms. The molecule has 1 N–H and O–H groups in total. The first-order chi connectivity index (χ1) is 7.74. The molecule has 0 spiro atoms. The van der Waals surface area contributed by atoms with Gasteiger partial charge in [0.2, 0.25) is 0 Å². The summed E-state index contributed by atoms with van der Waals surface area (Å²) in [7, 11) is 0. The van der Waals surface area contributed by atoms with E-state index in [1.165, 1.54) is 44.2 Å². The third-order valence-corrected chi connectivity index (χ3v) is 3.18. The van der Waals surface area contributed by atoms with Crippen molar-refractivity contribution in [2.75, 3.05) is 11.9 Å². The summed E-state index contributed by atoms with van der Waals surface area (Å²) in [4.78, 5) is 0. The molecule has 0 amide bonds. The Morgan fingerprint density at radius 3 is 2.62 bits per heavy atom. The predicted octanol–water partition coefficient (Wildman–Crippen LogP) is 4.97. The Morgan fingerprint density at radius 1 is 1.19 bits per heavy atom. The number of benzene rings is 1. The van der Waals surface area contributed by atoms with Gasteiger partial charge in [0, 0.05) is 16.7 Å². The van der Waals surface area contributed by atoms with Gasteiger partial charge in [-0.25, -0.2) is 4.39 Å². The highest BCUT2D eigenvalue weighted by Crippen LogP contribution is 2.22. The lowest BCUT2D eigenvalue weighted by Gasteiger charge is -2.08. The zero-order valence-corrected chi connectivity index (χ0v) is 11.3. The lowest BCUT2D eigenvalue weighted by Crippen LogP contribution is -2.02. The van der Waals surface area contributed by atoms with E-state index in [-0.39, 0.29) is 5.82 Å². The van der Waals surface area contributed by atoms with Crippen LogP contribution in [0.4, 0.5) is 10.1 Å². The van der Waals surface area contributed by atoms with E-state index in [1.54, 1.807) is 6.07 Å². The van der Waals surface area contributed by atoms with Crippen LogP contribution in [0.3, 0.4) is 0 Å². The number of hydrogen-bond donors (Lipinski definition) is 1. The second-order valence-electron chi connectivity index (χ2n) is 3.97. The summed E-state index contributed by atoms with van der Waals surface area (Å²) in [5.74, 6) is -0.208. The Kier molecular flexibility index (Phi) is 6.46. The average Bonchev–Trinajstić information content (AvgIpc) is 2.26. The third kappa shape index (κ3) is 4.97. The lowest BCUT2D eigenvalue weighted by molar-refractivity contribution is 0.626. The number of nitrogens with one attached hydrogen (secondary N) is 1. The Bertz CT molecular complexity index is 315. The average molecular weight is 288 g/mol. The molecule has 90 valence electrons. The summed E-state index contributed by atoms with van der Waals surface area (Å²) in [6.07, 6.45) is 6.34. The predicted molar refractivity (Wildman–Crippen MR) is 71.3 cm³/mol. The summed E-state index contributed by atoms with van der Waals surface area (Å²) >= 11 is 3.34. The molecule has 0 aliphatic heterocycles. The molecule has 16 heavy (non-hydrogen) atoms. The van der Waals surface area contributed by atoms with Gasteiger partial charge < -0.3 is 5.32 Å². The fraction of sp³-hybridized carbons (Fsp3) is 0.538. The molecule has 1 nitrogen and oxygen atoms in total. The van der Waals surface area contributed by atoms with E-state index in [4.69, 9.17) is 0 Å². The van der Waals surface area contributed by atoms with Crippen LogP contribution in [-0.4, -0.2) is 6.54 Å². The van der Waals surface area contributed by atoms with Crippen LogP contribution in [0.1, 0.15) is 39.0 Å². The number of anilines is 1. The monoisotopic (exact) mass is 287 g/mol. The van der Waals surface area contributed by atoms with E-state index in [9.17, 15) is 4.39 Å². The summed E-state index contributed by atoms with van der Waals surface area (Å²) in [5.41, 5.74) is 0.969. The first kappa shape index (κ1) is 13.5. The van der Waals surface area contributed by atoms with E-state index >= 15 is 0 Å². The number of halogens is 2. The van der Waals surface area contributed by atoms with Crippen molar-refractivity contribution < 1.29 is 4.39 Å². The van der Waals surface area contributed by atoms with Gasteiger partial charge in [-0.15, -0.1) is 0 Å². The number of hydrogen-bond acceptors (Lipinski definition) is 1. The molecule has 0 aliphatic carbocycles. The number of rotatable bonds is 7. The molecular weight excluding hydrogens is 269 g/mol. The molecule has 0 bridgehead atoms. The van der Waals surface area contributed by atoms with Crippen LogP contribution in [0.25, 0.3) is 0 Å². The fourth-order valence-electron chi connectivity index (χ4n) is 1.58. The quantitative estimate of drug-likeness (QED) is 0.698. The maximum atomic E-state index is 12.8. The zero-order valence-electron chi connectivity index (χ0n) is 9.73. The number of unbranched alkanes of at least 4 members (excludes halogenated alkanes) is 4. The highest BCUT2D eigenvalue weighted by atomic mass is 79.9. The molecule has 0 unspecified atom stereocenters. The Balaban J connectivity index is 2.21. The molecule has 1 aromatic carbocycles. The normalized spacial score (nSPS) is 10.4. The van der Waals surface area contributed by atoms with Gasteiger partial charge in [0.1, 0.15) is 5.82 Å². The molecule has 0 aliphatic rings. The van der Waals surface area contributed by atoms with Crippen LogP contribution in [0, 0.1) is 5.82 Å². The molecule has 0 fully saturated rings. The minimum Gasteiger partial charge on any atom is -0.384 e. The van der Waals surface area contributed by atoms with Gasteiger partial charge in [-0.3, -0.25) is 0 Å². The molecule has 0 saturated heterocycles. The van der Waals surface area contributed by atoms with Crippen LogP contribution in [0.2, 0.25) is 0 Å². The van der Waals surface area contributed by atoms with E-state index in [2.05, 4.69) is 28.2 Å². The summed E-state index contributed by atoms with van der Waals surface area (Å²) in [6, 6.07) is 4.73. The molecule has 1 rings (SSSR count). The van der Waals surface area contributed by atoms with Gasteiger partial charge >= 0.3 is 0 Å². The summed E-state index contributed by atoms with van der Waals surface area (Å²) < 4.78 is 13.6. The highest BCUT2D eigenvalue weighted by molar-refractivity contribution is 9.10. The van der Waals surface area contributed by atoms with E-state index in [0.29, 0.717) is 0 Å². The topological polar surface area (TPSA) is 12.0 Å². The van der Waals surface area contributed by atoms with Gasteiger partial charge in [0.05, 0.1) is 0 Å². The molecule has 0 radical (unpaired) electrons. The second-order valence-corrected chi connectivity index (χ2v) is 4.82. The highest BCUT2D eigenvalue weighted by Gasteiger charge is 2.00. The van der Waals surface area contributed by atoms with Gasteiger partial charge in [-0.1, -0.05) is 32.6 Å². The van der Waals surface area contributed by atoms with Crippen molar-refractivity contribution in [3.8, 4) is 0 Å². The van der Waals surface area contributed by atoms with E-state index < -0.39 is 0 Å². The van der Waals surface area contributed by atoms with Gasteiger partial charge in [0.15, 0.2) is 0 Å². The maximum Gasteiger partial charge on any atom is 0.124 e. The van der Waals surface area contributed by atoms with Gasteiger partial charge in [-0.2, -0.15) is 0 Å². The first-order valence-corrected chi connectivity index (χ1v) is 6.72. The van der Waals surface area contributed by atoms with E-state index in [0.717, 1.165) is 16.7 Å².